The summed E-state index contributed by atoms with van der Waals surface area (Å²) in [6.07, 6.45) is 0.0476. The molecule has 34 heavy (non-hydrogen) atoms. The Kier molecular flexibility index (Phi) is 7.32. The molecule has 9 heteroatoms. The number of carbonyl (C=O) groups is 2. The summed E-state index contributed by atoms with van der Waals surface area (Å²) in [6.45, 7) is 0.151. The summed E-state index contributed by atoms with van der Waals surface area (Å²) in [5, 5.41) is 2.02. The van der Waals surface area contributed by atoms with Crippen molar-refractivity contribution in [3.05, 3.63) is 95.8 Å². The van der Waals surface area contributed by atoms with Gasteiger partial charge in [-0.05, 0) is 54.4 Å². The first kappa shape index (κ1) is 23.6. The van der Waals surface area contributed by atoms with Crippen LogP contribution in [-0.2, 0) is 16.0 Å². The number of thioether (sulfide) groups is 1. The van der Waals surface area contributed by atoms with Crippen LogP contribution in [0.5, 0.6) is 0 Å². The van der Waals surface area contributed by atoms with Crippen molar-refractivity contribution in [3.63, 3.8) is 0 Å². The van der Waals surface area contributed by atoms with Crippen LogP contribution in [0.25, 0.3) is 0 Å². The van der Waals surface area contributed by atoms with Crippen LogP contribution in [0, 0.1) is 17.5 Å². The molecular weight excluding hydrogens is 463 g/mol. The smallest absolute Gasteiger partial charge is 0.242 e. The maximum atomic E-state index is 14.1. The van der Waals surface area contributed by atoms with E-state index in [-0.39, 0.29) is 36.8 Å². The molecule has 1 aliphatic rings. The Balaban J connectivity index is 1.52. The van der Waals surface area contributed by atoms with Crippen molar-refractivity contribution in [2.75, 3.05) is 11.9 Å². The van der Waals surface area contributed by atoms with Crippen LogP contribution < -0.4 is 5.32 Å². The second kappa shape index (κ2) is 10.6. The summed E-state index contributed by atoms with van der Waals surface area (Å²) in [6, 6.07) is 17.5. The van der Waals surface area contributed by atoms with Crippen LogP contribution in [0.4, 0.5) is 24.5 Å². The van der Waals surface area contributed by atoms with Crippen molar-refractivity contribution in [3.8, 4) is 0 Å². The first-order valence-electron chi connectivity index (χ1n) is 10.5. The summed E-state index contributed by atoms with van der Waals surface area (Å²) in [4.78, 5) is 31.5. The summed E-state index contributed by atoms with van der Waals surface area (Å²) in [5.74, 6) is -2.25. The zero-order chi connectivity index (χ0) is 24.1. The summed E-state index contributed by atoms with van der Waals surface area (Å²) < 4.78 is 41.2. The molecule has 0 bridgehead atoms. The minimum absolute atomic E-state index is 0.0274. The predicted molar refractivity (Wildman–Crippen MR) is 126 cm³/mol. The van der Waals surface area contributed by atoms with Crippen molar-refractivity contribution in [2.45, 2.75) is 18.1 Å². The molecule has 3 aromatic carbocycles. The average molecular weight is 484 g/mol. The molecule has 2 amide bonds. The molecule has 1 aliphatic heterocycles. The van der Waals surface area contributed by atoms with E-state index in [0.717, 1.165) is 11.8 Å². The quantitative estimate of drug-likeness (QED) is 0.496. The third-order valence-electron chi connectivity index (χ3n) is 5.15. The van der Waals surface area contributed by atoms with Gasteiger partial charge in [0.1, 0.15) is 22.7 Å². The average Bonchev–Trinajstić information content (AvgIpc) is 3.10. The van der Waals surface area contributed by atoms with Gasteiger partial charge in [0.2, 0.25) is 11.8 Å². The maximum absolute atomic E-state index is 14.1. The van der Waals surface area contributed by atoms with E-state index in [1.165, 1.54) is 53.4 Å². The Morgan fingerprint density at radius 2 is 1.62 bits per heavy atom. The van der Waals surface area contributed by atoms with Crippen molar-refractivity contribution in [1.29, 1.82) is 0 Å². The number of nitrogens with one attached hydrogen (secondary N) is 1. The van der Waals surface area contributed by atoms with Gasteiger partial charge in [0, 0.05) is 13.0 Å². The summed E-state index contributed by atoms with van der Waals surface area (Å²) in [5.41, 5.74) is 0.908. The molecule has 4 rings (SSSR count). The third-order valence-corrected chi connectivity index (χ3v) is 6.33. The molecule has 1 fully saturated rings. The van der Waals surface area contributed by atoms with Crippen molar-refractivity contribution in [2.24, 2.45) is 4.99 Å². The normalized spacial score (nSPS) is 16.8. The lowest BCUT2D eigenvalue weighted by Gasteiger charge is -2.17. The molecule has 3 aromatic rings. The number of hydrogen-bond donors (Lipinski definition) is 1. The minimum atomic E-state index is -0.786. The molecule has 5 nitrogen and oxygen atoms in total. The highest BCUT2D eigenvalue weighted by Gasteiger charge is 2.39. The molecule has 174 valence electrons. The van der Waals surface area contributed by atoms with Gasteiger partial charge in [-0.25, -0.2) is 18.2 Å². The Labute approximate surface area is 198 Å². The van der Waals surface area contributed by atoms with E-state index in [1.54, 1.807) is 24.3 Å². The van der Waals surface area contributed by atoms with Crippen LogP contribution in [0.2, 0.25) is 0 Å². The molecule has 0 radical (unpaired) electrons. The van der Waals surface area contributed by atoms with Crippen LogP contribution in [0.3, 0.4) is 0 Å². The SMILES string of the molecule is O=C(CC1SC(=Nc2ccc(F)cc2)N(CCc2ccccc2F)C1=O)Nc1ccccc1F. The molecule has 1 N–H and O–H groups in total. The first-order chi connectivity index (χ1) is 16.4. The molecular formula is C25H20F3N3O2S. The van der Waals surface area contributed by atoms with E-state index >= 15 is 0 Å². The highest BCUT2D eigenvalue weighted by atomic mass is 32.2. The maximum Gasteiger partial charge on any atom is 0.242 e. The topological polar surface area (TPSA) is 61.8 Å². The number of benzene rings is 3. The predicted octanol–water partition coefficient (Wildman–Crippen LogP) is 5.31. The van der Waals surface area contributed by atoms with E-state index in [4.69, 9.17) is 0 Å². The van der Waals surface area contributed by atoms with Gasteiger partial charge >= 0.3 is 0 Å². The van der Waals surface area contributed by atoms with Crippen LogP contribution in [0.1, 0.15) is 12.0 Å². The van der Waals surface area contributed by atoms with E-state index < -0.39 is 22.8 Å². The highest BCUT2D eigenvalue weighted by molar-refractivity contribution is 8.15. The van der Waals surface area contributed by atoms with Crippen LogP contribution in [0.15, 0.2) is 77.8 Å². The largest absolute Gasteiger partial charge is 0.324 e. The van der Waals surface area contributed by atoms with Crippen LogP contribution >= 0.6 is 11.8 Å². The lowest BCUT2D eigenvalue weighted by Crippen LogP contribution is -2.35. The second-order valence-electron chi connectivity index (χ2n) is 7.54. The number of hydrogen-bond acceptors (Lipinski definition) is 4. The first-order valence-corrected chi connectivity index (χ1v) is 11.4. The monoisotopic (exact) mass is 483 g/mol. The molecule has 0 spiro atoms. The standard InChI is InChI=1S/C25H20F3N3O2S/c26-17-9-11-18(12-10-17)29-25-31(14-13-16-5-1-2-6-19(16)27)24(33)22(34-25)15-23(32)30-21-8-4-3-7-20(21)28/h1-12,22H,13-15H2,(H,30,32). The summed E-state index contributed by atoms with van der Waals surface area (Å²) in [7, 11) is 0. The minimum Gasteiger partial charge on any atom is -0.324 e. The van der Waals surface area contributed by atoms with Crippen LogP contribution in [-0.4, -0.2) is 33.7 Å². The van der Waals surface area contributed by atoms with Gasteiger partial charge in [-0.2, -0.15) is 0 Å². The number of para-hydroxylation sites is 1. The Morgan fingerprint density at radius 1 is 0.941 bits per heavy atom. The fourth-order valence-corrected chi connectivity index (χ4v) is 4.61. The fraction of sp³-hybridized carbons (Fsp3) is 0.160. The number of rotatable bonds is 7. The number of carbonyl (C=O) groups excluding carboxylic acids is 2. The zero-order valence-corrected chi connectivity index (χ0v) is 18.7. The highest BCUT2D eigenvalue weighted by Crippen LogP contribution is 2.32. The fourth-order valence-electron chi connectivity index (χ4n) is 3.42. The van der Waals surface area contributed by atoms with E-state index in [9.17, 15) is 22.8 Å². The Hall–Kier alpha value is -3.59. The number of amidine groups is 1. The molecule has 0 saturated carbocycles. The van der Waals surface area contributed by atoms with Gasteiger partial charge in [-0.15, -0.1) is 0 Å². The number of nitrogens with zero attached hydrogens (tertiary/aromatic N) is 2. The number of aliphatic imine (C=N–C) groups is 1. The van der Waals surface area contributed by atoms with Gasteiger partial charge in [-0.3, -0.25) is 14.5 Å². The number of halogens is 3. The van der Waals surface area contributed by atoms with Crippen molar-refractivity contribution >= 4 is 40.1 Å². The Bertz CT molecular complexity index is 1230. The van der Waals surface area contributed by atoms with Gasteiger partial charge in [0.05, 0.1) is 11.4 Å². The second-order valence-corrected chi connectivity index (χ2v) is 8.71. The lowest BCUT2D eigenvalue weighted by atomic mass is 10.1. The molecule has 1 unspecified atom stereocenters. The number of amides is 2. The van der Waals surface area contributed by atoms with Crippen molar-refractivity contribution < 1.29 is 22.8 Å². The summed E-state index contributed by atoms with van der Waals surface area (Å²) >= 11 is 1.09. The molecule has 1 saturated heterocycles. The van der Waals surface area contributed by atoms with E-state index in [2.05, 4.69) is 10.3 Å². The van der Waals surface area contributed by atoms with Gasteiger partial charge in [-0.1, -0.05) is 42.1 Å². The molecule has 1 atom stereocenters. The van der Waals surface area contributed by atoms with E-state index in [1.807, 2.05) is 0 Å². The van der Waals surface area contributed by atoms with Gasteiger partial charge < -0.3 is 5.32 Å². The molecule has 0 aromatic heterocycles. The third kappa shape index (κ3) is 5.66. The Morgan fingerprint density at radius 3 is 2.32 bits per heavy atom. The van der Waals surface area contributed by atoms with Gasteiger partial charge in [0.25, 0.3) is 0 Å². The van der Waals surface area contributed by atoms with E-state index in [0.29, 0.717) is 16.4 Å². The van der Waals surface area contributed by atoms with Crippen molar-refractivity contribution in [1.82, 2.24) is 4.90 Å². The molecule has 1 heterocycles. The zero-order valence-electron chi connectivity index (χ0n) is 17.9. The number of anilines is 1. The molecule has 0 aliphatic carbocycles. The lowest BCUT2D eigenvalue weighted by molar-refractivity contribution is -0.128. The van der Waals surface area contributed by atoms with Gasteiger partial charge in [0.15, 0.2) is 5.17 Å².